The number of benzene rings is 1. The number of nitrogens with one attached hydrogen (secondary N) is 1. The van der Waals surface area contributed by atoms with Gasteiger partial charge in [-0.05, 0) is 44.4 Å². The van der Waals surface area contributed by atoms with Crippen LogP contribution in [-0.2, 0) is 10.2 Å². The van der Waals surface area contributed by atoms with Crippen LogP contribution in [-0.4, -0.2) is 11.9 Å². The van der Waals surface area contributed by atoms with Gasteiger partial charge in [-0.15, -0.1) is 0 Å². The van der Waals surface area contributed by atoms with Gasteiger partial charge in [0.05, 0.1) is 5.41 Å². The van der Waals surface area contributed by atoms with Crippen molar-refractivity contribution in [3.05, 3.63) is 34.9 Å². The molecule has 0 saturated heterocycles. The van der Waals surface area contributed by atoms with E-state index in [1.807, 2.05) is 38.1 Å². The second-order valence-corrected chi connectivity index (χ2v) is 5.51. The maximum atomic E-state index is 12.3. The summed E-state index contributed by atoms with van der Waals surface area (Å²) in [5, 5.41) is 3.72. The number of carbonyl (C=O) groups excluding carboxylic acids is 1. The summed E-state index contributed by atoms with van der Waals surface area (Å²) in [4.78, 5) is 12.3. The Morgan fingerprint density at radius 1 is 1.41 bits per heavy atom. The minimum atomic E-state index is -0.338. The standard InChI is InChI=1S/C14H18ClNO/c1-10(2)16-13(17)14(7-4-8-14)11-5-3-6-12(15)9-11/h3,5-6,9-10H,4,7-8H2,1-2H3,(H,16,17). The average Bonchev–Trinajstić information content (AvgIpc) is 2.14. The van der Waals surface area contributed by atoms with Crippen LogP contribution in [0.3, 0.4) is 0 Å². The maximum Gasteiger partial charge on any atom is 0.230 e. The third-order valence-electron chi connectivity index (χ3n) is 3.44. The van der Waals surface area contributed by atoms with Gasteiger partial charge in [-0.1, -0.05) is 30.2 Å². The molecule has 1 N–H and O–H groups in total. The van der Waals surface area contributed by atoms with Crippen molar-refractivity contribution in [2.75, 3.05) is 0 Å². The van der Waals surface area contributed by atoms with Gasteiger partial charge in [0, 0.05) is 11.1 Å². The van der Waals surface area contributed by atoms with Crippen LogP contribution < -0.4 is 5.32 Å². The number of hydrogen-bond acceptors (Lipinski definition) is 1. The van der Waals surface area contributed by atoms with Crippen LogP contribution in [0.1, 0.15) is 38.7 Å². The van der Waals surface area contributed by atoms with E-state index in [2.05, 4.69) is 5.32 Å². The number of hydrogen-bond donors (Lipinski definition) is 1. The van der Waals surface area contributed by atoms with Gasteiger partial charge < -0.3 is 5.32 Å². The second-order valence-electron chi connectivity index (χ2n) is 5.07. The molecule has 17 heavy (non-hydrogen) atoms. The molecule has 3 heteroatoms. The molecule has 2 nitrogen and oxygen atoms in total. The molecule has 0 bridgehead atoms. The van der Waals surface area contributed by atoms with Gasteiger partial charge >= 0.3 is 0 Å². The molecule has 2 rings (SSSR count). The van der Waals surface area contributed by atoms with Crippen molar-refractivity contribution in [3.8, 4) is 0 Å². The van der Waals surface area contributed by atoms with Crippen molar-refractivity contribution in [2.45, 2.75) is 44.6 Å². The first-order valence-electron chi connectivity index (χ1n) is 6.11. The fourth-order valence-corrected chi connectivity index (χ4v) is 2.55. The van der Waals surface area contributed by atoms with Crippen molar-refractivity contribution >= 4 is 17.5 Å². The molecule has 1 fully saturated rings. The summed E-state index contributed by atoms with van der Waals surface area (Å²) in [7, 11) is 0. The minimum Gasteiger partial charge on any atom is -0.353 e. The number of carbonyl (C=O) groups is 1. The van der Waals surface area contributed by atoms with Crippen molar-refractivity contribution in [1.82, 2.24) is 5.32 Å². The van der Waals surface area contributed by atoms with Crippen LogP contribution in [0.2, 0.25) is 5.02 Å². The molecule has 0 unspecified atom stereocenters. The molecule has 0 atom stereocenters. The third-order valence-corrected chi connectivity index (χ3v) is 3.67. The lowest BCUT2D eigenvalue weighted by atomic mass is 9.63. The summed E-state index contributed by atoms with van der Waals surface area (Å²) in [5.41, 5.74) is 0.712. The Hall–Kier alpha value is -1.02. The first-order valence-corrected chi connectivity index (χ1v) is 6.49. The third kappa shape index (κ3) is 2.32. The van der Waals surface area contributed by atoms with Crippen molar-refractivity contribution in [2.24, 2.45) is 0 Å². The van der Waals surface area contributed by atoms with Gasteiger partial charge in [0.1, 0.15) is 0 Å². The highest BCUT2D eigenvalue weighted by Crippen LogP contribution is 2.44. The Bertz CT molecular complexity index is 424. The fourth-order valence-electron chi connectivity index (χ4n) is 2.36. The van der Waals surface area contributed by atoms with Crippen molar-refractivity contribution < 1.29 is 4.79 Å². The van der Waals surface area contributed by atoms with Crippen LogP contribution >= 0.6 is 11.6 Å². The van der Waals surface area contributed by atoms with Gasteiger partial charge in [0.25, 0.3) is 0 Å². The molecule has 0 aliphatic heterocycles. The lowest BCUT2D eigenvalue weighted by Crippen LogP contribution is -2.51. The highest BCUT2D eigenvalue weighted by Gasteiger charge is 2.45. The summed E-state index contributed by atoms with van der Waals surface area (Å²) in [6.07, 6.45) is 2.95. The van der Waals surface area contributed by atoms with E-state index in [4.69, 9.17) is 11.6 Å². The van der Waals surface area contributed by atoms with Crippen LogP contribution in [0.15, 0.2) is 24.3 Å². The normalized spacial score (nSPS) is 17.6. The van der Waals surface area contributed by atoms with E-state index in [1.54, 1.807) is 0 Å². The van der Waals surface area contributed by atoms with Gasteiger partial charge in [-0.25, -0.2) is 0 Å². The van der Waals surface area contributed by atoms with Crippen molar-refractivity contribution in [3.63, 3.8) is 0 Å². The molecule has 1 saturated carbocycles. The van der Waals surface area contributed by atoms with E-state index in [9.17, 15) is 4.79 Å². The summed E-state index contributed by atoms with van der Waals surface area (Å²) in [6, 6.07) is 7.86. The quantitative estimate of drug-likeness (QED) is 0.878. The molecule has 0 aromatic heterocycles. The summed E-state index contributed by atoms with van der Waals surface area (Å²) < 4.78 is 0. The number of halogens is 1. The summed E-state index contributed by atoms with van der Waals surface area (Å²) in [6.45, 7) is 3.98. The van der Waals surface area contributed by atoms with E-state index < -0.39 is 0 Å². The highest BCUT2D eigenvalue weighted by molar-refractivity contribution is 6.30. The Labute approximate surface area is 107 Å². The fraction of sp³-hybridized carbons (Fsp3) is 0.500. The smallest absolute Gasteiger partial charge is 0.230 e. The predicted molar refractivity (Wildman–Crippen MR) is 70.3 cm³/mol. The molecule has 0 radical (unpaired) electrons. The van der Waals surface area contributed by atoms with Gasteiger partial charge in [-0.3, -0.25) is 4.79 Å². The molecule has 0 heterocycles. The summed E-state index contributed by atoms with van der Waals surface area (Å²) >= 11 is 6.01. The zero-order valence-electron chi connectivity index (χ0n) is 10.3. The topological polar surface area (TPSA) is 29.1 Å². The molecule has 1 aliphatic rings. The average molecular weight is 252 g/mol. The number of rotatable bonds is 3. The van der Waals surface area contributed by atoms with Crippen LogP contribution in [0.5, 0.6) is 0 Å². The number of amides is 1. The van der Waals surface area contributed by atoms with Gasteiger partial charge in [0.15, 0.2) is 0 Å². The lowest BCUT2D eigenvalue weighted by molar-refractivity contribution is -0.130. The predicted octanol–water partition coefficient (Wildman–Crippen LogP) is 3.29. The van der Waals surface area contributed by atoms with Crippen LogP contribution in [0.4, 0.5) is 0 Å². The molecule has 1 amide bonds. The Morgan fingerprint density at radius 2 is 2.12 bits per heavy atom. The van der Waals surface area contributed by atoms with E-state index in [0.717, 1.165) is 24.8 Å². The Morgan fingerprint density at radius 3 is 2.59 bits per heavy atom. The first-order chi connectivity index (χ1) is 8.04. The molecule has 1 aliphatic carbocycles. The van der Waals surface area contributed by atoms with Gasteiger partial charge in [-0.2, -0.15) is 0 Å². The minimum absolute atomic E-state index is 0.140. The lowest BCUT2D eigenvalue weighted by Gasteiger charge is -2.41. The van der Waals surface area contributed by atoms with Gasteiger partial charge in [0.2, 0.25) is 5.91 Å². The van der Waals surface area contributed by atoms with E-state index in [-0.39, 0.29) is 17.4 Å². The summed E-state index contributed by atoms with van der Waals surface area (Å²) in [5.74, 6) is 0.140. The first kappa shape index (κ1) is 12.4. The van der Waals surface area contributed by atoms with Crippen molar-refractivity contribution in [1.29, 1.82) is 0 Å². The SMILES string of the molecule is CC(C)NC(=O)C1(c2cccc(Cl)c2)CCC1. The molecule has 92 valence electrons. The largest absolute Gasteiger partial charge is 0.353 e. The van der Waals surface area contributed by atoms with Crippen LogP contribution in [0, 0.1) is 0 Å². The zero-order valence-corrected chi connectivity index (χ0v) is 11.1. The van der Waals surface area contributed by atoms with E-state index in [0.29, 0.717) is 5.02 Å². The van der Waals surface area contributed by atoms with E-state index >= 15 is 0 Å². The maximum absolute atomic E-state index is 12.3. The second kappa shape index (κ2) is 4.69. The monoisotopic (exact) mass is 251 g/mol. The molecule has 1 aromatic carbocycles. The molecule has 0 spiro atoms. The Balaban J connectivity index is 2.28. The highest BCUT2D eigenvalue weighted by atomic mass is 35.5. The Kier molecular flexibility index (Phi) is 3.43. The molecular formula is C14H18ClNO. The molecule has 1 aromatic rings. The molecular weight excluding hydrogens is 234 g/mol. The van der Waals surface area contributed by atoms with E-state index in [1.165, 1.54) is 0 Å². The van der Waals surface area contributed by atoms with Crippen LogP contribution in [0.25, 0.3) is 0 Å². The zero-order chi connectivity index (χ0) is 12.5.